The lowest BCUT2D eigenvalue weighted by Gasteiger charge is -2.42. The van der Waals surface area contributed by atoms with E-state index in [1.807, 2.05) is 17.4 Å². The van der Waals surface area contributed by atoms with Crippen molar-refractivity contribution in [2.45, 2.75) is 154 Å². The Morgan fingerprint density at radius 2 is 1.53 bits per heavy atom. The summed E-state index contributed by atoms with van der Waals surface area (Å²) < 4.78 is 2.60. The first-order valence-electron chi connectivity index (χ1n) is 22.5. The van der Waals surface area contributed by atoms with E-state index >= 15 is 0 Å². The number of fused-ring (bicyclic) bond motifs is 4. The van der Waals surface area contributed by atoms with Crippen LogP contribution in [0.15, 0.2) is 132 Å². The fourth-order valence-electron chi connectivity index (χ4n) is 8.12. The fraction of sp³-hybridized carbons (Fsp3) is 0.500. The molecular formula is C56H80BN2S. The summed E-state index contributed by atoms with van der Waals surface area (Å²) in [5.41, 5.74) is 11.6. The van der Waals surface area contributed by atoms with Gasteiger partial charge in [-0.15, -0.1) is 11.3 Å². The molecule has 1 aliphatic carbocycles. The molecule has 1 radical (unpaired) electrons. The van der Waals surface area contributed by atoms with E-state index in [0.717, 1.165) is 17.8 Å². The molecule has 60 heavy (non-hydrogen) atoms. The molecule has 2 aromatic rings. The van der Waals surface area contributed by atoms with Gasteiger partial charge in [-0.25, -0.2) is 0 Å². The summed E-state index contributed by atoms with van der Waals surface area (Å²) in [5.74, 6) is 0.685. The van der Waals surface area contributed by atoms with Crippen LogP contribution in [0.5, 0.6) is 0 Å². The second kappa shape index (κ2) is 19.1. The van der Waals surface area contributed by atoms with Gasteiger partial charge in [-0.3, -0.25) is 0 Å². The Labute approximate surface area is 373 Å². The van der Waals surface area contributed by atoms with Gasteiger partial charge in [0.2, 0.25) is 7.28 Å². The average Bonchev–Trinajstić information content (AvgIpc) is 3.49. The van der Waals surface area contributed by atoms with E-state index < -0.39 is 0 Å². The molecule has 0 unspecified atom stereocenters. The van der Waals surface area contributed by atoms with E-state index in [1.54, 1.807) is 0 Å². The maximum Gasteiger partial charge on any atom is 0.210 e. The van der Waals surface area contributed by atoms with E-state index in [1.165, 1.54) is 73.3 Å². The topological polar surface area (TPSA) is 6.48 Å². The monoisotopic (exact) mass is 824 g/mol. The minimum Gasteiger partial charge on any atom is -0.337 e. The SMILES string of the molecule is C=C/C(=C\C=C\C(C)(C)CCC(C)C)N1C/C=C(\C=C/C)N(/C=C/C=C(\C=C)C(C)(C)C)/C(C)=C(/C=C(\C)C(C)(C)C)[B]c2sc3cc4c(cc3c21)C(C)(C)CCC4(C)C. The molecule has 0 amide bonds. The van der Waals surface area contributed by atoms with Crippen molar-refractivity contribution >= 4 is 39.2 Å². The predicted octanol–water partition coefficient (Wildman–Crippen LogP) is 16.1. The molecule has 0 saturated heterocycles. The molecule has 0 N–H and O–H groups in total. The van der Waals surface area contributed by atoms with Gasteiger partial charge in [-0.05, 0) is 137 Å². The third kappa shape index (κ3) is 11.8. The maximum atomic E-state index is 4.46. The third-order valence-corrected chi connectivity index (χ3v) is 14.0. The highest BCUT2D eigenvalue weighted by Crippen LogP contribution is 2.49. The lowest BCUT2D eigenvalue weighted by Crippen LogP contribution is -2.34. The molecule has 2 aliphatic rings. The van der Waals surface area contributed by atoms with Crippen LogP contribution in [-0.2, 0) is 10.8 Å². The zero-order valence-corrected chi connectivity index (χ0v) is 41.8. The highest BCUT2D eigenvalue weighted by Gasteiger charge is 2.38. The van der Waals surface area contributed by atoms with E-state index in [4.69, 9.17) is 0 Å². The second-order valence-corrected chi connectivity index (χ2v) is 22.9. The van der Waals surface area contributed by atoms with Gasteiger partial charge < -0.3 is 9.80 Å². The molecule has 4 rings (SSSR count). The summed E-state index contributed by atoms with van der Waals surface area (Å²) in [6, 6.07) is 5.11. The molecule has 0 spiro atoms. The predicted molar refractivity (Wildman–Crippen MR) is 273 cm³/mol. The maximum absolute atomic E-state index is 4.46. The first-order chi connectivity index (χ1) is 27.8. The first kappa shape index (κ1) is 48.9. The molecule has 0 bridgehead atoms. The Kier molecular flexibility index (Phi) is 15.6. The third-order valence-electron chi connectivity index (χ3n) is 12.9. The van der Waals surface area contributed by atoms with Crippen LogP contribution in [0, 0.1) is 22.2 Å². The Hall–Kier alpha value is -3.76. The normalized spacial score (nSPS) is 20.8. The highest BCUT2D eigenvalue weighted by molar-refractivity contribution is 7.29. The number of allylic oxidation sites excluding steroid dienone is 14. The lowest BCUT2D eigenvalue weighted by atomic mass is 9.62. The van der Waals surface area contributed by atoms with Crippen LogP contribution in [0.3, 0.4) is 0 Å². The van der Waals surface area contributed by atoms with E-state index in [2.05, 4.69) is 227 Å². The number of hydrogen-bond acceptors (Lipinski definition) is 3. The van der Waals surface area contributed by atoms with E-state index in [-0.39, 0.29) is 27.1 Å². The average molecular weight is 824 g/mol. The minimum absolute atomic E-state index is 0.00663. The number of nitrogens with zero attached hydrogens (tertiary/aromatic N) is 2. The summed E-state index contributed by atoms with van der Waals surface area (Å²) in [7, 11) is 2.47. The Balaban J connectivity index is 2.15. The van der Waals surface area contributed by atoms with E-state index in [9.17, 15) is 0 Å². The summed E-state index contributed by atoms with van der Waals surface area (Å²) >= 11 is 1.93. The number of benzene rings is 1. The van der Waals surface area contributed by atoms with Crippen molar-refractivity contribution in [2.75, 3.05) is 11.4 Å². The van der Waals surface area contributed by atoms with Crippen molar-refractivity contribution in [3.63, 3.8) is 0 Å². The standard InChI is InChI=1S/C56H80BN2S/c1-20-25-44-29-35-59(43(22-3)27-23-30-54(14,15)31-28-39(4)5)50-45-37-46-47(56(18,19)33-32-55(46,16)17)38-49(45)60-51(50)57-48(36-40(6)52(8,9)10)41(7)58(44)34-24-26-42(21-2)53(11,12)13/h20-27,29-30,34,36-39H,2-3,28,31-33,35H2,1,4-19H3/b25-20-,30-23+,34-24+,40-36+,42-26+,43-27+,44-29+,48-41-. The number of rotatable bonds is 12. The van der Waals surface area contributed by atoms with E-state index in [0.29, 0.717) is 12.5 Å². The quantitative estimate of drug-likeness (QED) is 0.155. The number of anilines is 1. The van der Waals surface area contributed by atoms with Gasteiger partial charge in [-0.1, -0.05) is 164 Å². The Morgan fingerprint density at radius 1 is 0.900 bits per heavy atom. The molecule has 1 aliphatic heterocycles. The molecule has 1 aromatic heterocycles. The smallest absolute Gasteiger partial charge is 0.210 e. The Morgan fingerprint density at radius 3 is 2.08 bits per heavy atom. The second-order valence-electron chi connectivity index (χ2n) is 21.8. The fourth-order valence-corrected chi connectivity index (χ4v) is 9.30. The molecule has 1 aromatic carbocycles. The molecular weight excluding hydrogens is 744 g/mol. The summed E-state index contributed by atoms with van der Waals surface area (Å²) in [5, 5.41) is 1.32. The van der Waals surface area contributed by atoms with Gasteiger partial charge in [0.05, 0.1) is 5.69 Å². The van der Waals surface area contributed by atoms with Crippen LogP contribution < -0.4 is 9.68 Å². The van der Waals surface area contributed by atoms with Crippen LogP contribution in [0.25, 0.3) is 10.1 Å². The van der Waals surface area contributed by atoms with Gasteiger partial charge in [0.15, 0.2) is 0 Å². The molecule has 0 atom stereocenters. The zero-order valence-electron chi connectivity index (χ0n) is 41.0. The van der Waals surface area contributed by atoms with Crippen LogP contribution in [0.2, 0.25) is 0 Å². The van der Waals surface area contributed by atoms with Crippen molar-refractivity contribution in [2.24, 2.45) is 22.2 Å². The first-order valence-corrected chi connectivity index (χ1v) is 23.4. The molecule has 0 fully saturated rings. The lowest BCUT2D eigenvalue weighted by molar-refractivity contribution is 0.332. The van der Waals surface area contributed by atoms with Gasteiger partial charge in [-0.2, -0.15) is 0 Å². The molecule has 0 saturated carbocycles. The highest BCUT2D eigenvalue weighted by atomic mass is 32.1. The molecule has 323 valence electrons. The molecule has 2 nitrogen and oxygen atoms in total. The van der Waals surface area contributed by atoms with Gasteiger partial charge in [0, 0.05) is 39.9 Å². The van der Waals surface area contributed by atoms with Crippen LogP contribution in [0.1, 0.15) is 155 Å². The summed E-state index contributed by atoms with van der Waals surface area (Å²) in [6.45, 7) is 48.7. The molecule has 4 heteroatoms. The van der Waals surface area contributed by atoms with Crippen LogP contribution in [0.4, 0.5) is 5.69 Å². The van der Waals surface area contributed by atoms with Crippen molar-refractivity contribution in [3.05, 3.63) is 143 Å². The van der Waals surface area contributed by atoms with Gasteiger partial charge in [0.25, 0.3) is 0 Å². The van der Waals surface area contributed by atoms with Crippen LogP contribution >= 0.6 is 11.3 Å². The molecule has 2 heterocycles. The van der Waals surface area contributed by atoms with Crippen LogP contribution in [-0.4, -0.2) is 18.7 Å². The zero-order chi connectivity index (χ0) is 45.0. The minimum atomic E-state index is -0.0106. The number of thiophene rings is 1. The summed E-state index contributed by atoms with van der Waals surface area (Å²) in [6.07, 6.45) is 31.6. The van der Waals surface area contributed by atoms with Gasteiger partial charge >= 0.3 is 0 Å². The van der Waals surface area contributed by atoms with Crippen molar-refractivity contribution in [1.29, 1.82) is 0 Å². The van der Waals surface area contributed by atoms with Crippen molar-refractivity contribution < 1.29 is 0 Å². The van der Waals surface area contributed by atoms with Gasteiger partial charge in [0.1, 0.15) is 0 Å². The largest absolute Gasteiger partial charge is 0.337 e. The Bertz CT molecular complexity index is 2150. The van der Waals surface area contributed by atoms with Crippen molar-refractivity contribution in [1.82, 2.24) is 4.90 Å². The van der Waals surface area contributed by atoms with Crippen molar-refractivity contribution in [3.8, 4) is 0 Å². The summed E-state index contributed by atoms with van der Waals surface area (Å²) in [4.78, 5) is 4.89. The number of hydrogen-bond donors (Lipinski definition) is 0.